The molecule has 1 aromatic carbocycles. The maximum Gasteiger partial charge on any atom is 0.272 e. The van der Waals surface area contributed by atoms with Crippen molar-refractivity contribution in [3.8, 4) is 0 Å². The lowest BCUT2D eigenvalue weighted by Gasteiger charge is -2.18. The number of para-hydroxylation sites is 1. The smallest absolute Gasteiger partial charge is 0.272 e. The second-order valence-electron chi connectivity index (χ2n) is 5.30. The number of hydrazone groups is 1. The molecular formula is C18H14FN5O2S. The van der Waals surface area contributed by atoms with E-state index in [0.717, 1.165) is 11.3 Å². The van der Waals surface area contributed by atoms with Crippen LogP contribution in [0.25, 0.3) is 0 Å². The van der Waals surface area contributed by atoms with Gasteiger partial charge in [0.25, 0.3) is 5.91 Å². The fourth-order valence-electron chi connectivity index (χ4n) is 2.20. The quantitative estimate of drug-likeness (QED) is 0.542. The zero-order valence-corrected chi connectivity index (χ0v) is 15.0. The highest BCUT2D eigenvalue weighted by molar-refractivity contribution is 7.14. The molecule has 1 N–H and O–H groups in total. The third-order valence-electron chi connectivity index (χ3n) is 3.40. The molecule has 0 aliphatic carbocycles. The molecule has 2 amide bonds. The minimum absolute atomic E-state index is 0.118. The van der Waals surface area contributed by atoms with Crippen LogP contribution in [0.15, 0.2) is 59.3 Å². The van der Waals surface area contributed by atoms with Crippen LogP contribution in [0.3, 0.4) is 0 Å². The molecule has 2 aromatic heterocycles. The highest BCUT2D eigenvalue weighted by Crippen LogP contribution is 2.30. The minimum atomic E-state index is -0.526. The summed E-state index contributed by atoms with van der Waals surface area (Å²) in [6.07, 6.45) is 4.33. The van der Waals surface area contributed by atoms with Crippen LogP contribution in [0.2, 0.25) is 0 Å². The zero-order valence-electron chi connectivity index (χ0n) is 14.2. The van der Waals surface area contributed by atoms with Crippen LogP contribution < -0.4 is 10.3 Å². The summed E-state index contributed by atoms with van der Waals surface area (Å²) in [4.78, 5) is 33.2. The van der Waals surface area contributed by atoms with E-state index in [0.29, 0.717) is 16.4 Å². The van der Waals surface area contributed by atoms with E-state index in [1.807, 2.05) is 0 Å². The van der Waals surface area contributed by atoms with Gasteiger partial charge in [-0.2, -0.15) is 5.10 Å². The van der Waals surface area contributed by atoms with Crippen LogP contribution >= 0.6 is 11.3 Å². The Morgan fingerprint density at radius 2 is 2.07 bits per heavy atom. The molecule has 0 bridgehead atoms. The summed E-state index contributed by atoms with van der Waals surface area (Å²) < 4.78 is 14.0. The highest BCUT2D eigenvalue weighted by Gasteiger charge is 2.20. The number of carbonyl (C=O) groups excluding carboxylic acids is 2. The van der Waals surface area contributed by atoms with Crippen LogP contribution in [-0.2, 0) is 4.79 Å². The van der Waals surface area contributed by atoms with Crippen LogP contribution in [-0.4, -0.2) is 28.0 Å². The average molecular weight is 383 g/mol. The summed E-state index contributed by atoms with van der Waals surface area (Å²) in [6, 6.07) is 9.21. The van der Waals surface area contributed by atoms with Gasteiger partial charge in [0.15, 0.2) is 5.13 Å². The number of hydrogen-bond acceptors (Lipinski definition) is 6. The van der Waals surface area contributed by atoms with E-state index >= 15 is 0 Å². The largest absolute Gasteiger partial charge is 0.274 e. The summed E-state index contributed by atoms with van der Waals surface area (Å²) in [5.41, 5.74) is 3.27. The van der Waals surface area contributed by atoms with Crippen molar-refractivity contribution in [2.24, 2.45) is 5.10 Å². The fraction of sp³-hybridized carbons (Fsp3) is 0.0556. The molecule has 27 heavy (non-hydrogen) atoms. The van der Waals surface area contributed by atoms with Crippen molar-refractivity contribution in [3.63, 3.8) is 0 Å². The Morgan fingerprint density at radius 1 is 1.26 bits per heavy atom. The molecule has 136 valence electrons. The zero-order chi connectivity index (χ0) is 19.2. The number of aromatic nitrogens is 2. The second-order valence-corrected chi connectivity index (χ2v) is 6.14. The van der Waals surface area contributed by atoms with Crippen molar-refractivity contribution in [3.05, 3.63) is 71.2 Å². The van der Waals surface area contributed by atoms with Gasteiger partial charge in [0, 0.05) is 24.7 Å². The Kier molecular flexibility index (Phi) is 5.62. The topological polar surface area (TPSA) is 87.5 Å². The summed E-state index contributed by atoms with van der Waals surface area (Å²) in [6.45, 7) is 1.33. The van der Waals surface area contributed by atoms with Crippen LogP contribution in [0.4, 0.5) is 15.2 Å². The van der Waals surface area contributed by atoms with Crippen molar-refractivity contribution >= 4 is 40.2 Å². The molecule has 0 aliphatic rings. The summed E-state index contributed by atoms with van der Waals surface area (Å²) >= 11 is 1.16. The molecule has 0 aliphatic heterocycles. The standard InChI is InChI=1S/C18H14FN5O2S/c1-12(25)24(16-7-3-2-6-15(16)19)18-22-14(11-27-18)10-21-23-17(26)13-5-4-8-20-9-13/h2-11H,1H3,(H,23,26)/b21-10-. The van der Waals surface area contributed by atoms with E-state index in [1.165, 1.54) is 36.4 Å². The molecule has 0 saturated heterocycles. The lowest BCUT2D eigenvalue weighted by Crippen LogP contribution is -2.23. The molecule has 9 heteroatoms. The van der Waals surface area contributed by atoms with E-state index in [9.17, 15) is 14.0 Å². The number of benzene rings is 1. The second kappa shape index (κ2) is 8.28. The SMILES string of the molecule is CC(=O)N(c1nc(/C=N\NC(=O)c2cccnc2)cs1)c1ccccc1F. The third kappa shape index (κ3) is 4.39. The Bertz CT molecular complexity index is 990. The number of carbonyl (C=O) groups is 2. The molecule has 2 heterocycles. The van der Waals surface area contributed by atoms with E-state index < -0.39 is 11.7 Å². The normalized spacial score (nSPS) is 10.7. The molecule has 3 rings (SSSR count). The Balaban J connectivity index is 1.74. The van der Waals surface area contributed by atoms with Gasteiger partial charge in [-0.1, -0.05) is 12.1 Å². The number of nitrogens with one attached hydrogen (secondary N) is 1. The summed E-state index contributed by atoms with van der Waals surface area (Å²) in [5, 5.41) is 5.78. The van der Waals surface area contributed by atoms with Gasteiger partial charge in [-0.3, -0.25) is 19.5 Å². The number of anilines is 2. The first-order valence-electron chi connectivity index (χ1n) is 7.80. The van der Waals surface area contributed by atoms with Crippen molar-refractivity contribution in [1.82, 2.24) is 15.4 Å². The van der Waals surface area contributed by atoms with Gasteiger partial charge in [-0.15, -0.1) is 11.3 Å². The highest BCUT2D eigenvalue weighted by atomic mass is 32.1. The van der Waals surface area contributed by atoms with Gasteiger partial charge in [-0.25, -0.2) is 14.8 Å². The van der Waals surface area contributed by atoms with Gasteiger partial charge in [0.2, 0.25) is 5.91 Å². The molecule has 0 saturated carbocycles. The van der Waals surface area contributed by atoms with Crippen molar-refractivity contribution in [1.29, 1.82) is 0 Å². The van der Waals surface area contributed by atoms with Crippen molar-refractivity contribution in [2.45, 2.75) is 6.92 Å². The van der Waals surface area contributed by atoms with Gasteiger partial charge in [-0.05, 0) is 24.3 Å². The van der Waals surface area contributed by atoms with Gasteiger partial charge in [0.1, 0.15) is 5.82 Å². The third-order valence-corrected chi connectivity index (χ3v) is 4.24. The number of pyridine rings is 1. The van der Waals surface area contributed by atoms with Crippen molar-refractivity contribution in [2.75, 3.05) is 4.90 Å². The number of hydrogen-bond donors (Lipinski definition) is 1. The van der Waals surface area contributed by atoms with Gasteiger partial charge < -0.3 is 0 Å². The number of nitrogens with zero attached hydrogens (tertiary/aromatic N) is 4. The molecule has 0 unspecified atom stereocenters. The number of thiazole rings is 1. The first-order valence-corrected chi connectivity index (χ1v) is 8.68. The first-order chi connectivity index (χ1) is 13.1. The molecule has 3 aromatic rings. The Morgan fingerprint density at radius 3 is 2.78 bits per heavy atom. The van der Waals surface area contributed by atoms with E-state index in [-0.39, 0.29) is 11.6 Å². The average Bonchev–Trinajstić information content (AvgIpc) is 3.12. The lowest BCUT2D eigenvalue weighted by molar-refractivity contribution is -0.115. The number of amides is 2. The maximum absolute atomic E-state index is 14.0. The van der Waals surface area contributed by atoms with Crippen molar-refractivity contribution < 1.29 is 14.0 Å². The minimum Gasteiger partial charge on any atom is -0.274 e. The predicted octanol–water partition coefficient (Wildman–Crippen LogP) is 3.13. The summed E-state index contributed by atoms with van der Waals surface area (Å²) in [7, 11) is 0. The molecule has 0 atom stereocenters. The number of rotatable bonds is 5. The monoisotopic (exact) mass is 383 g/mol. The molecular weight excluding hydrogens is 369 g/mol. The van der Waals surface area contributed by atoms with Crippen LogP contribution in [0.1, 0.15) is 23.0 Å². The Labute approximate surface area is 158 Å². The number of halogens is 1. The van der Waals surface area contributed by atoms with E-state index in [2.05, 4.69) is 20.5 Å². The van der Waals surface area contributed by atoms with Crippen LogP contribution in [0.5, 0.6) is 0 Å². The molecule has 0 fully saturated rings. The van der Waals surface area contributed by atoms with E-state index in [1.54, 1.807) is 35.8 Å². The fourth-order valence-corrected chi connectivity index (χ4v) is 3.03. The predicted molar refractivity (Wildman–Crippen MR) is 101 cm³/mol. The Hall–Kier alpha value is -3.46. The molecule has 7 nitrogen and oxygen atoms in total. The van der Waals surface area contributed by atoms with Gasteiger partial charge in [0.05, 0.1) is 23.2 Å². The van der Waals surface area contributed by atoms with E-state index in [4.69, 9.17) is 0 Å². The van der Waals surface area contributed by atoms with Gasteiger partial charge >= 0.3 is 0 Å². The molecule has 0 radical (unpaired) electrons. The summed E-state index contributed by atoms with van der Waals surface area (Å²) in [5.74, 6) is -1.31. The maximum atomic E-state index is 14.0. The molecule has 0 spiro atoms. The first kappa shape index (κ1) is 18.3. The van der Waals surface area contributed by atoms with Crippen LogP contribution in [0, 0.1) is 5.82 Å². The lowest BCUT2D eigenvalue weighted by atomic mass is 10.3.